The average Bonchev–Trinajstić information content (AvgIpc) is 2.67. The monoisotopic (exact) mass is 238 g/mol. The lowest BCUT2D eigenvalue weighted by atomic mass is 9.98. The number of aryl methyl sites for hydroxylation is 1. The third-order valence-corrected chi connectivity index (χ3v) is 4.67. The number of thiophene rings is 1. The van der Waals surface area contributed by atoms with Crippen LogP contribution in [0.3, 0.4) is 0 Å². The summed E-state index contributed by atoms with van der Waals surface area (Å²) < 4.78 is 0. The zero-order chi connectivity index (χ0) is 11.5. The summed E-state index contributed by atoms with van der Waals surface area (Å²) in [5.41, 5.74) is 2.97. The lowest BCUT2D eigenvalue weighted by Crippen LogP contribution is -2.46. The number of nitrogens with one attached hydrogen (secondary N) is 1. The van der Waals surface area contributed by atoms with E-state index in [0.717, 1.165) is 12.6 Å². The van der Waals surface area contributed by atoms with Gasteiger partial charge >= 0.3 is 0 Å². The first kappa shape index (κ1) is 12.1. The third kappa shape index (κ3) is 2.65. The summed E-state index contributed by atoms with van der Waals surface area (Å²) in [5.74, 6) is 0. The number of hydrogen-bond donors (Lipinski definition) is 1. The molecule has 3 heteroatoms. The van der Waals surface area contributed by atoms with Crippen molar-refractivity contribution in [3.63, 3.8) is 0 Å². The summed E-state index contributed by atoms with van der Waals surface area (Å²) in [6.45, 7) is 6.93. The Balaban J connectivity index is 1.94. The summed E-state index contributed by atoms with van der Waals surface area (Å²) >= 11 is 1.82. The van der Waals surface area contributed by atoms with Gasteiger partial charge in [0.2, 0.25) is 0 Å². The largest absolute Gasteiger partial charge is 0.317 e. The van der Waals surface area contributed by atoms with Gasteiger partial charge < -0.3 is 5.32 Å². The Kier molecular flexibility index (Phi) is 4.00. The molecule has 1 aromatic heterocycles. The van der Waals surface area contributed by atoms with Crippen LogP contribution in [-0.4, -0.2) is 30.6 Å². The molecule has 0 aliphatic carbocycles. The van der Waals surface area contributed by atoms with Crippen LogP contribution in [0.15, 0.2) is 10.8 Å². The van der Waals surface area contributed by atoms with Crippen molar-refractivity contribution in [3.05, 3.63) is 21.9 Å². The van der Waals surface area contributed by atoms with E-state index < -0.39 is 0 Å². The van der Waals surface area contributed by atoms with Crippen molar-refractivity contribution in [3.8, 4) is 0 Å². The maximum atomic E-state index is 3.40. The fourth-order valence-electron chi connectivity index (χ4n) is 2.49. The van der Waals surface area contributed by atoms with Crippen molar-refractivity contribution in [2.24, 2.45) is 0 Å². The molecular weight excluding hydrogens is 216 g/mol. The SMILES string of the molecule is CNC1CCN(Cc2cscc2C)C(C)C1. The second-order valence-corrected chi connectivity index (χ2v) is 5.65. The van der Waals surface area contributed by atoms with Crippen LogP contribution in [-0.2, 0) is 6.54 Å². The Bertz CT molecular complexity index is 334. The quantitative estimate of drug-likeness (QED) is 0.871. The van der Waals surface area contributed by atoms with E-state index in [4.69, 9.17) is 0 Å². The zero-order valence-corrected chi connectivity index (χ0v) is 11.3. The molecule has 2 rings (SSSR count). The van der Waals surface area contributed by atoms with Crippen molar-refractivity contribution in [1.82, 2.24) is 10.2 Å². The summed E-state index contributed by atoms with van der Waals surface area (Å²) in [4.78, 5) is 2.61. The molecule has 1 aliphatic heterocycles. The van der Waals surface area contributed by atoms with Gasteiger partial charge in [-0.3, -0.25) is 4.90 Å². The minimum Gasteiger partial charge on any atom is -0.317 e. The number of nitrogens with zero attached hydrogens (tertiary/aromatic N) is 1. The van der Waals surface area contributed by atoms with Crippen LogP contribution in [0.4, 0.5) is 0 Å². The van der Waals surface area contributed by atoms with Gasteiger partial charge in [-0.05, 0) is 55.6 Å². The smallest absolute Gasteiger partial charge is 0.0247 e. The number of piperidine rings is 1. The predicted octanol–water partition coefficient (Wildman–Crippen LogP) is 2.63. The lowest BCUT2D eigenvalue weighted by molar-refractivity contribution is 0.131. The molecule has 16 heavy (non-hydrogen) atoms. The summed E-state index contributed by atoms with van der Waals surface area (Å²) in [6.07, 6.45) is 2.56. The Labute approximate surface area is 103 Å². The van der Waals surface area contributed by atoms with E-state index in [-0.39, 0.29) is 0 Å². The standard InChI is InChI=1S/C13H22N2S/c1-10-8-16-9-12(10)7-15-5-4-13(14-3)6-11(15)2/h8-9,11,13-14H,4-7H2,1-3H3. The van der Waals surface area contributed by atoms with Crippen molar-refractivity contribution in [2.75, 3.05) is 13.6 Å². The van der Waals surface area contributed by atoms with Crippen molar-refractivity contribution in [2.45, 2.75) is 45.3 Å². The molecule has 1 fully saturated rings. The van der Waals surface area contributed by atoms with Crippen molar-refractivity contribution >= 4 is 11.3 Å². The molecule has 2 atom stereocenters. The molecule has 0 amide bonds. The average molecular weight is 238 g/mol. The maximum absolute atomic E-state index is 3.40. The molecule has 0 saturated carbocycles. The van der Waals surface area contributed by atoms with Gasteiger partial charge in [0.1, 0.15) is 0 Å². The third-order valence-electron chi connectivity index (χ3n) is 3.76. The molecule has 1 saturated heterocycles. The molecule has 2 nitrogen and oxygen atoms in total. The van der Waals surface area contributed by atoms with E-state index in [1.807, 2.05) is 11.3 Å². The number of likely N-dealkylation sites (tertiary alicyclic amines) is 1. The predicted molar refractivity (Wildman–Crippen MR) is 71.0 cm³/mol. The van der Waals surface area contributed by atoms with E-state index in [1.165, 1.54) is 30.5 Å². The fourth-order valence-corrected chi connectivity index (χ4v) is 3.33. The highest BCUT2D eigenvalue weighted by molar-refractivity contribution is 7.08. The first-order valence-electron chi connectivity index (χ1n) is 6.13. The Morgan fingerprint density at radius 3 is 2.88 bits per heavy atom. The van der Waals surface area contributed by atoms with Crippen LogP contribution in [0.25, 0.3) is 0 Å². The Morgan fingerprint density at radius 2 is 2.31 bits per heavy atom. The summed E-state index contributed by atoms with van der Waals surface area (Å²) in [6, 6.07) is 1.42. The van der Waals surface area contributed by atoms with Crippen LogP contribution < -0.4 is 5.32 Å². The van der Waals surface area contributed by atoms with Gasteiger partial charge in [-0.1, -0.05) is 0 Å². The molecule has 0 bridgehead atoms. The topological polar surface area (TPSA) is 15.3 Å². The molecule has 1 aliphatic rings. The Hall–Kier alpha value is -0.380. The van der Waals surface area contributed by atoms with E-state index in [0.29, 0.717) is 6.04 Å². The van der Waals surface area contributed by atoms with Gasteiger partial charge in [-0.2, -0.15) is 11.3 Å². The summed E-state index contributed by atoms with van der Waals surface area (Å²) in [7, 11) is 2.08. The van der Waals surface area contributed by atoms with Crippen LogP contribution >= 0.6 is 11.3 Å². The van der Waals surface area contributed by atoms with E-state index >= 15 is 0 Å². The van der Waals surface area contributed by atoms with Gasteiger partial charge in [0.25, 0.3) is 0 Å². The van der Waals surface area contributed by atoms with E-state index in [9.17, 15) is 0 Å². The van der Waals surface area contributed by atoms with Gasteiger partial charge in [-0.25, -0.2) is 0 Å². The van der Waals surface area contributed by atoms with Gasteiger partial charge in [0.05, 0.1) is 0 Å². The highest BCUT2D eigenvalue weighted by Crippen LogP contribution is 2.22. The van der Waals surface area contributed by atoms with Crippen LogP contribution in [0, 0.1) is 6.92 Å². The molecule has 90 valence electrons. The molecule has 0 aromatic carbocycles. The van der Waals surface area contributed by atoms with E-state index in [1.54, 1.807) is 0 Å². The number of rotatable bonds is 3. The first-order chi connectivity index (χ1) is 7.70. The molecule has 1 aromatic rings. The van der Waals surface area contributed by atoms with Gasteiger partial charge in [-0.15, -0.1) is 0 Å². The van der Waals surface area contributed by atoms with Crippen LogP contribution in [0.5, 0.6) is 0 Å². The second-order valence-electron chi connectivity index (χ2n) is 4.91. The first-order valence-corrected chi connectivity index (χ1v) is 7.08. The molecule has 0 spiro atoms. The molecule has 2 heterocycles. The molecule has 0 radical (unpaired) electrons. The van der Waals surface area contributed by atoms with E-state index in [2.05, 4.69) is 41.9 Å². The van der Waals surface area contributed by atoms with Gasteiger partial charge in [0, 0.05) is 25.2 Å². The van der Waals surface area contributed by atoms with Gasteiger partial charge in [0.15, 0.2) is 0 Å². The summed E-state index contributed by atoms with van der Waals surface area (Å²) in [5, 5.41) is 7.95. The normalized spacial score (nSPS) is 27.2. The highest BCUT2D eigenvalue weighted by atomic mass is 32.1. The molecular formula is C13H22N2S. The van der Waals surface area contributed by atoms with Crippen LogP contribution in [0.1, 0.15) is 30.9 Å². The molecule has 1 N–H and O–H groups in total. The lowest BCUT2D eigenvalue weighted by Gasteiger charge is -2.37. The Morgan fingerprint density at radius 1 is 1.50 bits per heavy atom. The zero-order valence-electron chi connectivity index (χ0n) is 10.5. The fraction of sp³-hybridized carbons (Fsp3) is 0.692. The molecule has 2 unspecified atom stereocenters. The highest BCUT2D eigenvalue weighted by Gasteiger charge is 2.24. The van der Waals surface area contributed by atoms with Crippen LogP contribution in [0.2, 0.25) is 0 Å². The number of hydrogen-bond acceptors (Lipinski definition) is 3. The van der Waals surface area contributed by atoms with Crippen molar-refractivity contribution < 1.29 is 0 Å². The maximum Gasteiger partial charge on any atom is 0.0247 e. The minimum atomic E-state index is 0.700. The minimum absolute atomic E-state index is 0.700. The van der Waals surface area contributed by atoms with Crippen molar-refractivity contribution in [1.29, 1.82) is 0 Å². The second kappa shape index (κ2) is 5.30.